The van der Waals surface area contributed by atoms with E-state index >= 15 is 0 Å². The van der Waals surface area contributed by atoms with Crippen molar-refractivity contribution in [3.05, 3.63) is 21.9 Å². The summed E-state index contributed by atoms with van der Waals surface area (Å²) >= 11 is 1.50. The Morgan fingerprint density at radius 2 is 2.22 bits per heavy atom. The van der Waals surface area contributed by atoms with Gasteiger partial charge in [0.05, 0.1) is 24.7 Å². The zero-order valence-electron chi connectivity index (χ0n) is 11.0. The minimum atomic E-state index is 0.0188. The molecule has 0 unspecified atom stereocenters. The van der Waals surface area contributed by atoms with E-state index < -0.39 is 0 Å². The fraction of sp³-hybridized carbons (Fsp3) is 0.615. The summed E-state index contributed by atoms with van der Waals surface area (Å²) in [6.07, 6.45) is 0.878. The second kappa shape index (κ2) is 8.24. The van der Waals surface area contributed by atoms with E-state index in [-0.39, 0.29) is 12.5 Å². The quantitative estimate of drug-likeness (QED) is 0.733. The summed E-state index contributed by atoms with van der Waals surface area (Å²) in [4.78, 5) is 14.9. The van der Waals surface area contributed by atoms with E-state index in [0.717, 1.165) is 16.9 Å². The third-order valence-electron chi connectivity index (χ3n) is 2.73. The molecule has 0 radical (unpaired) electrons. The lowest BCUT2D eigenvalue weighted by molar-refractivity contribution is 0.0581. The van der Waals surface area contributed by atoms with Crippen molar-refractivity contribution < 1.29 is 14.6 Å². The van der Waals surface area contributed by atoms with Crippen LogP contribution in [0.25, 0.3) is 0 Å². The topological polar surface area (TPSA) is 49.8 Å². The molecule has 1 rings (SSSR count). The van der Waals surface area contributed by atoms with Crippen molar-refractivity contribution in [2.45, 2.75) is 20.3 Å². The van der Waals surface area contributed by atoms with Gasteiger partial charge in [0.2, 0.25) is 0 Å². The highest BCUT2D eigenvalue weighted by atomic mass is 32.1. The van der Waals surface area contributed by atoms with Gasteiger partial charge in [-0.05, 0) is 30.4 Å². The first-order chi connectivity index (χ1) is 8.74. The Morgan fingerprint density at radius 1 is 1.44 bits per heavy atom. The molecule has 0 saturated carbocycles. The van der Waals surface area contributed by atoms with Gasteiger partial charge in [0.1, 0.15) is 0 Å². The lowest BCUT2D eigenvalue weighted by atomic mass is 10.2. The van der Waals surface area contributed by atoms with E-state index in [2.05, 4.69) is 6.92 Å². The molecule has 18 heavy (non-hydrogen) atoms. The number of aryl methyl sites for hydroxylation is 1. The molecule has 4 nitrogen and oxygen atoms in total. The Labute approximate surface area is 112 Å². The van der Waals surface area contributed by atoms with E-state index in [1.165, 1.54) is 11.3 Å². The molecule has 0 bridgehead atoms. The van der Waals surface area contributed by atoms with Crippen LogP contribution in [-0.2, 0) is 11.2 Å². The number of hydrogen-bond donors (Lipinski definition) is 1. The molecule has 102 valence electrons. The molecule has 1 aromatic heterocycles. The zero-order valence-corrected chi connectivity index (χ0v) is 11.8. The molecule has 1 aromatic rings. The van der Waals surface area contributed by atoms with Crippen LogP contribution in [0.5, 0.6) is 0 Å². The molecule has 0 aliphatic carbocycles. The molecule has 0 atom stereocenters. The zero-order chi connectivity index (χ0) is 13.4. The number of aliphatic hydroxyl groups is 1. The molecule has 0 spiro atoms. The third kappa shape index (κ3) is 4.08. The van der Waals surface area contributed by atoms with Gasteiger partial charge in [0, 0.05) is 13.1 Å². The highest BCUT2D eigenvalue weighted by Crippen LogP contribution is 2.19. The van der Waals surface area contributed by atoms with Crippen LogP contribution < -0.4 is 0 Å². The van der Waals surface area contributed by atoms with Gasteiger partial charge in [-0.1, -0.05) is 6.92 Å². The van der Waals surface area contributed by atoms with Crippen LogP contribution in [0.15, 0.2) is 11.4 Å². The fourth-order valence-corrected chi connectivity index (χ4v) is 2.65. The smallest absolute Gasteiger partial charge is 0.264 e. The molecule has 0 aromatic carbocycles. The number of nitrogens with zero attached hydrogens (tertiary/aromatic N) is 1. The monoisotopic (exact) mass is 271 g/mol. The SMILES string of the molecule is CCc1ccsc1C(=O)N(CC)CCOCCO. The summed E-state index contributed by atoms with van der Waals surface area (Å²) < 4.78 is 5.20. The summed E-state index contributed by atoms with van der Waals surface area (Å²) in [5.41, 5.74) is 1.11. The molecule has 0 saturated heterocycles. The number of thiophene rings is 1. The number of carbonyl (C=O) groups excluding carboxylic acids is 1. The molecular formula is C13H21NO3S. The second-order valence-corrected chi connectivity index (χ2v) is 4.77. The average molecular weight is 271 g/mol. The van der Waals surface area contributed by atoms with Crippen molar-refractivity contribution in [3.8, 4) is 0 Å². The van der Waals surface area contributed by atoms with Gasteiger partial charge in [0.25, 0.3) is 5.91 Å². The van der Waals surface area contributed by atoms with Crippen LogP contribution >= 0.6 is 11.3 Å². The summed E-state index contributed by atoms with van der Waals surface area (Å²) in [5, 5.41) is 10.6. The predicted octanol–water partition coefficient (Wildman–Crippen LogP) is 1.78. The van der Waals surface area contributed by atoms with Crippen molar-refractivity contribution in [1.29, 1.82) is 0 Å². The lowest BCUT2D eigenvalue weighted by Gasteiger charge is -2.20. The number of carbonyl (C=O) groups is 1. The molecule has 1 amide bonds. The number of ether oxygens (including phenoxy) is 1. The van der Waals surface area contributed by atoms with Crippen LogP contribution in [0, 0.1) is 0 Å². The van der Waals surface area contributed by atoms with Gasteiger partial charge in [-0.15, -0.1) is 11.3 Å². The number of rotatable bonds is 8. The van der Waals surface area contributed by atoms with E-state index in [4.69, 9.17) is 9.84 Å². The lowest BCUT2D eigenvalue weighted by Crippen LogP contribution is -2.34. The number of hydrogen-bond acceptors (Lipinski definition) is 4. The Bertz CT molecular complexity index is 365. The molecule has 0 fully saturated rings. The Kier molecular flexibility index (Phi) is 6.93. The molecular weight excluding hydrogens is 250 g/mol. The number of amides is 1. The molecule has 1 N–H and O–H groups in total. The van der Waals surface area contributed by atoms with Gasteiger partial charge in [-0.2, -0.15) is 0 Å². The van der Waals surface area contributed by atoms with Crippen molar-refractivity contribution in [2.24, 2.45) is 0 Å². The second-order valence-electron chi connectivity index (χ2n) is 3.85. The summed E-state index contributed by atoms with van der Waals surface area (Å²) in [6, 6.07) is 2.01. The maximum Gasteiger partial charge on any atom is 0.264 e. The minimum Gasteiger partial charge on any atom is -0.394 e. The van der Waals surface area contributed by atoms with E-state index in [1.54, 1.807) is 4.90 Å². The van der Waals surface area contributed by atoms with Crippen LogP contribution in [0.1, 0.15) is 29.1 Å². The van der Waals surface area contributed by atoms with Gasteiger partial charge in [-0.3, -0.25) is 4.79 Å². The fourth-order valence-electron chi connectivity index (χ4n) is 1.69. The molecule has 1 heterocycles. The normalized spacial score (nSPS) is 10.6. The molecule has 0 aliphatic rings. The standard InChI is InChI=1S/C13H21NO3S/c1-3-11-5-10-18-12(11)13(16)14(4-2)6-8-17-9-7-15/h5,10,15H,3-4,6-9H2,1-2H3. The Hall–Kier alpha value is -0.910. The third-order valence-corrected chi connectivity index (χ3v) is 3.68. The van der Waals surface area contributed by atoms with Crippen LogP contribution in [0.2, 0.25) is 0 Å². The predicted molar refractivity (Wildman–Crippen MR) is 73.2 cm³/mol. The average Bonchev–Trinajstić information content (AvgIpc) is 2.86. The van der Waals surface area contributed by atoms with E-state index in [0.29, 0.717) is 26.3 Å². The van der Waals surface area contributed by atoms with E-state index in [1.807, 2.05) is 18.4 Å². The summed E-state index contributed by atoms with van der Waals surface area (Å²) in [7, 11) is 0. The summed E-state index contributed by atoms with van der Waals surface area (Å²) in [5.74, 6) is 0.0805. The van der Waals surface area contributed by atoms with Crippen LogP contribution in [-0.4, -0.2) is 48.8 Å². The van der Waals surface area contributed by atoms with Gasteiger partial charge >= 0.3 is 0 Å². The Balaban J connectivity index is 2.56. The van der Waals surface area contributed by atoms with Crippen molar-refractivity contribution >= 4 is 17.2 Å². The van der Waals surface area contributed by atoms with Crippen molar-refractivity contribution in [1.82, 2.24) is 4.90 Å². The highest BCUT2D eigenvalue weighted by Gasteiger charge is 2.17. The highest BCUT2D eigenvalue weighted by molar-refractivity contribution is 7.12. The van der Waals surface area contributed by atoms with Crippen LogP contribution in [0.4, 0.5) is 0 Å². The maximum atomic E-state index is 12.3. The van der Waals surface area contributed by atoms with Gasteiger partial charge < -0.3 is 14.7 Å². The van der Waals surface area contributed by atoms with Crippen LogP contribution in [0.3, 0.4) is 0 Å². The molecule has 0 aliphatic heterocycles. The van der Waals surface area contributed by atoms with Gasteiger partial charge in [0.15, 0.2) is 0 Å². The van der Waals surface area contributed by atoms with Gasteiger partial charge in [-0.25, -0.2) is 0 Å². The number of likely N-dealkylation sites (N-methyl/N-ethyl adjacent to an activating group) is 1. The summed E-state index contributed by atoms with van der Waals surface area (Å²) in [6.45, 7) is 6.06. The minimum absolute atomic E-state index is 0.0188. The first-order valence-electron chi connectivity index (χ1n) is 6.28. The van der Waals surface area contributed by atoms with Crippen molar-refractivity contribution in [3.63, 3.8) is 0 Å². The maximum absolute atomic E-state index is 12.3. The number of aliphatic hydroxyl groups excluding tert-OH is 1. The molecule has 5 heteroatoms. The first-order valence-corrected chi connectivity index (χ1v) is 7.16. The first kappa shape index (κ1) is 15.1. The Morgan fingerprint density at radius 3 is 2.83 bits per heavy atom. The largest absolute Gasteiger partial charge is 0.394 e. The van der Waals surface area contributed by atoms with E-state index in [9.17, 15) is 4.79 Å². The van der Waals surface area contributed by atoms with Crippen molar-refractivity contribution in [2.75, 3.05) is 32.9 Å².